The maximum atomic E-state index is 11.0. The summed E-state index contributed by atoms with van der Waals surface area (Å²) in [5.74, 6) is 0. The van der Waals surface area contributed by atoms with Crippen LogP contribution in [-0.2, 0) is 6.42 Å². The molecule has 3 rings (SSSR count). The zero-order valence-corrected chi connectivity index (χ0v) is 12.2. The van der Waals surface area contributed by atoms with Crippen LogP contribution in [0.2, 0.25) is 0 Å². The molecule has 22 heavy (non-hydrogen) atoms. The lowest BCUT2D eigenvalue weighted by atomic mass is 10.1. The smallest absolute Gasteiger partial charge is 0.270 e. The van der Waals surface area contributed by atoms with Crippen LogP contribution in [0.3, 0.4) is 0 Å². The summed E-state index contributed by atoms with van der Waals surface area (Å²) in [5, 5.41) is 11.0. The number of nitrogens with zero attached hydrogens (tertiary/aromatic N) is 3. The highest BCUT2D eigenvalue weighted by Crippen LogP contribution is 2.27. The van der Waals surface area contributed by atoms with Crippen molar-refractivity contribution >= 4 is 11.3 Å². The van der Waals surface area contributed by atoms with Gasteiger partial charge in [-0.3, -0.25) is 10.1 Å². The molecule has 0 aliphatic rings. The highest BCUT2D eigenvalue weighted by molar-refractivity contribution is 5.68. The first-order valence-corrected chi connectivity index (χ1v) is 7.02. The molecule has 3 aromatic rings. The van der Waals surface area contributed by atoms with Crippen molar-refractivity contribution < 1.29 is 4.92 Å². The Morgan fingerprint density at radius 3 is 2.86 bits per heavy atom. The number of aromatic nitrogens is 2. The first kappa shape index (κ1) is 14.2. The van der Waals surface area contributed by atoms with Gasteiger partial charge in [-0.2, -0.15) is 0 Å². The number of benzene rings is 1. The number of hydrogen-bond acceptors (Lipinski definition) is 4. The Balaban J connectivity index is 2.23. The zero-order valence-electron chi connectivity index (χ0n) is 12.2. The van der Waals surface area contributed by atoms with Crippen LogP contribution in [0.5, 0.6) is 0 Å². The van der Waals surface area contributed by atoms with Crippen LogP contribution in [0.1, 0.15) is 11.3 Å². The second-order valence-corrected chi connectivity index (χ2v) is 5.19. The molecule has 0 aliphatic heterocycles. The minimum absolute atomic E-state index is 0.0597. The SMILES string of the molecule is Cc1ccc2nc(-c3cccc([N+](=O)[O-])c3)c(CCN)n2c1. The molecule has 2 N–H and O–H groups in total. The predicted molar refractivity (Wildman–Crippen MR) is 84.8 cm³/mol. The number of nitrogens with two attached hydrogens (primary N) is 1. The van der Waals surface area contributed by atoms with Gasteiger partial charge in [0.1, 0.15) is 5.65 Å². The van der Waals surface area contributed by atoms with E-state index in [0.717, 1.165) is 28.2 Å². The highest BCUT2D eigenvalue weighted by atomic mass is 16.6. The number of hydrogen-bond donors (Lipinski definition) is 1. The summed E-state index contributed by atoms with van der Waals surface area (Å²) >= 11 is 0. The van der Waals surface area contributed by atoms with Crippen LogP contribution in [0.4, 0.5) is 5.69 Å². The van der Waals surface area contributed by atoms with Gasteiger partial charge in [-0.05, 0) is 25.1 Å². The molecule has 0 fully saturated rings. The molecule has 0 saturated heterocycles. The molecule has 0 unspecified atom stereocenters. The van der Waals surface area contributed by atoms with Gasteiger partial charge < -0.3 is 10.1 Å². The fraction of sp³-hybridized carbons (Fsp3) is 0.188. The van der Waals surface area contributed by atoms with Gasteiger partial charge in [-0.25, -0.2) is 4.98 Å². The van der Waals surface area contributed by atoms with Crippen molar-refractivity contribution in [2.45, 2.75) is 13.3 Å². The normalized spacial score (nSPS) is 11.0. The van der Waals surface area contributed by atoms with E-state index < -0.39 is 4.92 Å². The lowest BCUT2D eigenvalue weighted by molar-refractivity contribution is -0.384. The molecule has 0 saturated carbocycles. The monoisotopic (exact) mass is 296 g/mol. The molecule has 6 nitrogen and oxygen atoms in total. The lowest BCUT2D eigenvalue weighted by Crippen LogP contribution is -2.06. The van der Waals surface area contributed by atoms with Gasteiger partial charge >= 0.3 is 0 Å². The van der Waals surface area contributed by atoms with E-state index in [2.05, 4.69) is 4.98 Å². The van der Waals surface area contributed by atoms with Crippen molar-refractivity contribution in [3.8, 4) is 11.3 Å². The summed E-state index contributed by atoms with van der Waals surface area (Å²) in [6, 6.07) is 10.5. The van der Waals surface area contributed by atoms with E-state index in [1.807, 2.05) is 35.7 Å². The summed E-state index contributed by atoms with van der Waals surface area (Å²) in [6.45, 7) is 2.50. The van der Waals surface area contributed by atoms with E-state index >= 15 is 0 Å². The van der Waals surface area contributed by atoms with E-state index in [0.29, 0.717) is 13.0 Å². The van der Waals surface area contributed by atoms with E-state index in [-0.39, 0.29) is 5.69 Å². The van der Waals surface area contributed by atoms with E-state index in [1.54, 1.807) is 12.1 Å². The molecule has 6 heteroatoms. The number of fused-ring (bicyclic) bond motifs is 1. The second kappa shape index (κ2) is 5.57. The van der Waals surface area contributed by atoms with Crippen LogP contribution >= 0.6 is 0 Å². The first-order chi connectivity index (χ1) is 10.6. The summed E-state index contributed by atoms with van der Waals surface area (Å²) in [4.78, 5) is 15.2. The number of aryl methyl sites for hydroxylation is 1. The molecule has 0 amide bonds. The third-order valence-electron chi connectivity index (χ3n) is 3.58. The van der Waals surface area contributed by atoms with Crippen molar-refractivity contribution in [1.29, 1.82) is 0 Å². The van der Waals surface area contributed by atoms with E-state index in [4.69, 9.17) is 5.73 Å². The Hall–Kier alpha value is -2.73. The molecular formula is C16H16N4O2. The number of rotatable bonds is 4. The van der Waals surface area contributed by atoms with E-state index in [9.17, 15) is 10.1 Å². The summed E-state index contributed by atoms with van der Waals surface area (Å²) in [7, 11) is 0. The van der Waals surface area contributed by atoms with Crippen LogP contribution in [0, 0.1) is 17.0 Å². The maximum Gasteiger partial charge on any atom is 0.270 e. The average molecular weight is 296 g/mol. The molecule has 1 aromatic carbocycles. The number of nitro benzene ring substituents is 1. The summed E-state index contributed by atoms with van der Waals surface area (Å²) < 4.78 is 2.01. The Labute approximate surface area is 127 Å². The fourth-order valence-electron chi connectivity index (χ4n) is 2.57. The van der Waals surface area contributed by atoms with Crippen molar-refractivity contribution in [3.05, 3.63) is 64.0 Å². The summed E-state index contributed by atoms with van der Waals surface area (Å²) in [5.41, 5.74) is 10.2. The van der Waals surface area contributed by atoms with Gasteiger partial charge in [0.2, 0.25) is 0 Å². The number of pyridine rings is 1. The number of imidazole rings is 1. The number of nitro groups is 1. The second-order valence-electron chi connectivity index (χ2n) is 5.19. The molecule has 0 radical (unpaired) electrons. The Morgan fingerprint density at radius 1 is 1.32 bits per heavy atom. The van der Waals surface area contributed by atoms with Crippen molar-refractivity contribution in [2.24, 2.45) is 5.73 Å². The molecule has 0 aliphatic carbocycles. The van der Waals surface area contributed by atoms with Crippen LogP contribution in [0.25, 0.3) is 16.9 Å². The summed E-state index contributed by atoms with van der Waals surface area (Å²) in [6.07, 6.45) is 2.66. The molecule has 112 valence electrons. The van der Waals surface area contributed by atoms with Gasteiger partial charge in [0.25, 0.3) is 5.69 Å². The van der Waals surface area contributed by atoms with E-state index in [1.165, 1.54) is 6.07 Å². The number of non-ortho nitro benzene ring substituents is 1. The standard InChI is InChI=1S/C16H16N4O2/c1-11-5-6-15-18-16(14(7-8-17)19(15)10-11)12-3-2-4-13(9-12)20(21)22/h2-6,9-10H,7-8,17H2,1H3. The quantitative estimate of drug-likeness (QED) is 0.592. The fourth-order valence-corrected chi connectivity index (χ4v) is 2.57. The van der Waals surface area contributed by atoms with Gasteiger partial charge in [-0.1, -0.05) is 18.2 Å². The minimum atomic E-state index is -0.397. The van der Waals surface area contributed by atoms with Crippen molar-refractivity contribution in [1.82, 2.24) is 9.38 Å². The maximum absolute atomic E-state index is 11.0. The van der Waals surface area contributed by atoms with Crippen LogP contribution in [0.15, 0.2) is 42.6 Å². The third kappa shape index (κ3) is 2.44. The zero-order chi connectivity index (χ0) is 15.7. The highest BCUT2D eigenvalue weighted by Gasteiger charge is 2.16. The molecular weight excluding hydrogens is 280 g/mol. The van der Waals surface area contributed by atoms with Gasteiger partial charge in [0, 0.05) is 30.3 Å². The molecule has 0 bridgehead atoms. The average Bonchev–Trinajstić information content (AvgIpc) is 2.86. The van der Waals surface area contributed by atoms with Gasteiger partial charge in [0.05, 0.1) is 16.3 Å². The largest absolute Gasteiger partial charge is 0.330 e. The predicted octanol–water partition coefficient (Wildman–Crippen LogP) is 2.72. The van der Waals surface area contributed by atoms with Crippen molar-refractivity contribution in [2.75, 3.05) is 6.54 Å². The Morgan fingerprint density at radius 2 is 2.14 bits per heavy atom. The third-order valence-corrected chi connectivity index (χ3v) is 3.58. The Bertz CT molecular complexity index is 854. The van der Waals surface area contributed by atoms with Gasteiger partial charge in [-0.15, -0.1) is 0 Å². The molecule has 2 heterocycles. The Kier molecular flexibility index (Phi) is 3.60. The van der Waals surface area contributed by atoms with Gasteiger partial charge in [0.15, 0.2) is 0 Å². The first-order valence-electron chi connectivity index (χ1n) is 7.02. The van der Waals surface area contributed by atoms with Crippen LogP contribution in [-0.4, -0.2) is 20.9 Å². The van der Waals surface area contributed by atoms with Crippen molar-refractivity contribution in [3.63, 3.8) is 0 Å². The van der Waals surface area contributed by atoms with Crippen LogP contribution < -0.4 is 5.73 Å². The lowest BCUT2D eigenvalue weighted by Gasteiger charge is -2.04. The topological polar surface area (TPSA) is 86.5 Å². The molecule has 2 aromatic heterocycles. The molecule has 0 atom stereocenters. The minimum Gasteiger partial charge on any atom is -0.330 e. The molecule has 0 spiro atoms.